The summed E-state index contributed by atoms with van der Waals surface area (Å²) in [4.78, 5) is 31.1. The second-order valence-corrected chi connectivity index (χ2v) is 7.98. The molecule has 0 aromatic carbocycles. The molecule has 9 nitrogen and oxygen atoms in total. The number of aryl methyl sites for hydroxylation is 1. The van der Waals surface area contributed by atoms with Gasteiger partial charge in [-0.15, -0.1) is 10.2 Å². The number of carbonyl (C=O) groups excluding carboxylic acids is 1. The Morgan fingerprint density at radius 2 is 1.84 bits per heavy atom. The summed E-state index contributed by atoms with van der Waals surface area (Å²) in [6.45, 7) is 7.16. The van der Waals surface area contributed by atoms with Crippen LogP contribution in [0.2, 0.25) is 0 Å². The lowest BCUT2D eigenvalue weighted by Crippen LogP contribution is -2.39. The molecule has 1 fully saturated rings. The number of pyridine rings is 1. The van der Waals surface area contributed by atoms with Gasteiger partial charge in [0.25, 0.3) is 11.5 Å². The maximum absolute atomic E-state index is 12.6. The first-order valence-electron chi connectivity index (χ1n) is 10.5. The van der Waals surface area contributed by atoms with E-state index in [2.05, 4.69) is 20.5 Å². The van der Waals surface area contributed by atoms with E-state index in [9.17, 15) is 9.59 Å². The van der Waals surface area contributed by atoms with E-state index in [0.29, 0.717) is 22.7 Å². The van der Waals surface area contributed by atoms with Gasteiger partial charge in [0, 0.05) is 37.0 Å². The predicted octanol–water partition coefficient (Wildman–Crippen LogP) is 3.87. The maximum atomic E-state index is 12.6. The number of anilines is 1. The molecule has 4 rings (SSSR count). The topological polar surface area (TPSA) is 106 Å². The van der Waals surface area contributed by atoms with Crippen LogP contribution in [0.3, 0.4) is 0 Å². The molecule has 31 heavy (non-hydrogen) atoms. The van der Waals surface area contributed by atoms with Gasteiger partial charge in [0.2, 0.25) is 0 Å². The van der Waals surface area contributed by atoms with Gasteiger partial charge in [0.1, 0.15) is 17.1 Å². The van der Waals surface area contributed by atoms with E-state index in [1.807, 2.05) is 26.8 Å². The zero-order chi connectivity index (χ0) is 22.0. The molecule has 3 aromatic heterocycles. The summed E-state index contributed by atoms with van der Waals surface area (Å²) in [5.74, 6) is 1.35. The number of aromatic nitrogens is 4. The van der Waals surface area contributed by atoms with Crippen LogP contribution >= 0.6 is 0 Å². The third-order valence-corrected chi connectivity index (χ3v) is 5.29. The van der Waals surface area contributed by atoms with Crippen molar-refractivity contribution in [2.24, 2.45) is 0 Å². The number of furan rings is 1. The molecule has 1 aliphatic heterocycles. The first-order valence-corrected chi connectivity index (χ1v) is 10.5. The van der Waals surface area contributed by atoms with Crippen molar-refractivity contribution in [1.82, 2.24) is 24.6 Å². The number of amides is 2. The monoisotopic (exact) mass is 422 g/mol. The van der Waals surface area contributed by atoms with Crippen molar-refractivity contribution in [3.63, 3.8) is 0 Å². The Kier molecular flexibility index (Phi) is 5.83. The molecule has 1 aliphatic rings. The molecule has 0 bridgehead atoms. The molecule has 162 valence electrons. The van der Waals surface area contributed by atoms with Crippen molar-refractivity contribution < 1.29 is 9.21 Å². The highest BCUT2D eigenvalue weighted by Crippen LogP contribution is 2.30. The molecule has 9 heteroatoms. The van der Waals surface area contributed by atoms with Gasteiger partial charge >= 0.3 is 6.03 Å². The summed E-state index contributed by atoms with van der Waals surface area (Å²) < 4.78 is 7.41. The highest BCUT2D eigenvalue weighted by atomic mass is 16.3. The molecule has 0 saturated carbocycles. The molecule has 0 aliphatic carbocycles. The number of hydrogen-bond donors (Lipinski definition) is 1. The summed E-state index contributed by atoms with van der Waals surface area (Å²) in [6.07, 6.45) is 4.86. The molecule has 4 heterocycles. The van der Waals surface area contributed by atoms with Crippen LogP contribution in [0, 0.1) is 6.92 Å². The van der Waals surface area contributed by atoms with Gasteiger partial charge in [-0.05, 0) is 58.2 Å². The lowest BCUT2D eigenvalue weighted by molar-refractivity contribution is 0.200. The summed E-state index contributed by atoms with van der Waals surface area (Å²) in [6, 6.07) is 6.59. The Morgan fingerprint density at radius 3 is 2.52 bits per heavy atom. The Labute approximate surface area is 180 Å². The minimum atomic E-state index is -0.232. The maximum Gasteiger partial charge on any atom is 0.324 e. The van der Waals surface area contributed by atoms with Gasteiger partial charge in [0.15, 0.2) is 5.76 Å². The Bertz CT molecular complexity index is 1140. The number of nitrogens with one attached hydrogen (secondary N) is 1. The Balaban J connectivity index is 1.73. The van der Waals surface area contributed by atoms with E-state index >= 15 is 0 Å². The van der Waals surface area contributed by atoms with Gasteiger partial charge in [-0.1, -0.05) is 0 Å². The summed E-state index contributed by atoms with van der Waals surface area (Å²) in [5.41, 5.74) is 1.51. The molecular weight excluding hydrogens is 396 g/mol. The van der Waals surface area contributed by atoms with E-state index in [1.54, 1.807) is 27.8 Å². The fraction of sp³-hybridized carbons (Fsp3) is 0.409. The molecule has 1 N–H and O–H groups in total. The number of rotatable bonds is 4. The van der Waals surface area contributed by atoms with Crippen LogP contribution in [-0.4, -0.2) is 43.8 Å². The van der Waals surface area contributed by atoms with Crippen molar-refractivity contribution in [1.29, 1.82) is 0 Å². The summed E-state index contributed by atoms with van der Waals surface area (Å²) >= 11 is 0. The molecule has 0 atom stereocenters. The minimum Gasteiger partial charge on any atom is -0.460 e. The number of hydrogen-bond acceptors (Lipinski definition) is 6. The third kappa shape index (κ3) is 4.50. The van der Waals surface area contributed by atoms with Crippen molar-refractivity contribution >= 4 is 12.0 Å². The summed E-state index contributed by atoms with van der Waals surface area (Å²) in [5, 5.41) is 11.2. The SMILES string of the molecule is Cc1ccc(-c2nc(NC(=O)N3CCCCC3)nnc2-c2ccc(=O)n(C(C)C)c2)o1. The Morgan fingerprint density at radius 1 is 1.06 bits per heavy atom. The van der Waals surface area contributed by atoms with E-state index in [4.69, 9.17) is 4.42 Å². The first kappa shape index (κ1) is 20.8. The number of likely N-dealkylation sites (tertiary alicyclic amines) is 1. The van der Waals surface area contributed by atoms with E-state index in [0.717, 1.165) is 38.1 Å². The van der Waals surface area contributed by atoms with Crippen molar-refractivity contribution in [2.75, 3.05) is 18.4 Å². The van der Waals surface area contributed by atoms with Crippen LogP contribution in [0.1, 0.15) is 44.9 Å². The standard InChI is InChI=1S/C22H26N6O3/c1-14(2)28-13-16(8-10-18(28)29)19-20(17-9-7-15(3)31-17)23-21(26-25-19)24-22(30)27-11-5-4-6-12-27/h7-10,13-14H,4-6,11-12H2,1-3H3,(H,23,24,26,30). The number of carbonyl (C=O) groups is 1. The van der Waals surface area contributed by atoms with Gasteiger partial charge in [-0.3, -0.25) is 10.1 Å². The van der Waals surface area contributed by atoms with E-state index in [1.165, 1.54) is 6.07 Å². The highest BCUT2D eigenvalue weighted by molar-refractivity contribution is 5.88. The summed E-state index contributed by atoms with van der Waals surface area (Å²) in [7, 11) is 0. The van der Waals surface area contributed by atoms with Crippen molar-refractivity contribution in [2.45, 2.75) is 46.1 Å². The van der Waals surface area contributed by atoms with E-state index < -0.39 is 0 Å². The second kappa shape index (κ2) is 8.71. The molecular formula is C22H26N6O3. The normalized spacial score (nSPS) is 14.1. The van der Waals surface area contributed by atoms with E-state index in [-0.39, 0.29) is 23.6 Å². The third-order valence-electron chi connectivity index (χ3n) is 5.29. The second-order valence-electron chi connectivity index (χ2n) is 7.98. The molecule has 0 radical (unpaired) electrons. The molecule has 0 unspecified atom stereocenters. The van der Waals surface area contributed by atoms with Crippen LogP contribution in [-0.2, 0) is 0 Å². The first-order chi connectivity index (χ1) is 14.9. The van der Waals surface area contributed by atoms with Crippen LogP contribution in [0.5, 0.6) is 0 Å². The fourth-order valence-electron chi connectivity index (χ4n) is 3.63. The number of nitrogens with zero attached hydrogens (tertiary/aromatic N) is 5. The lowest BCUT2D eigenvalue weighted by Gasteiger charge is -2.26. The number of piperidine rings is 1. The van der Waals surface area contributed by atoms with Crippen molar-refractivity contribution in [3.05, 3.63) is 46.6 Å². The minimum absolute atomic E-state index is 0.00854. The average molecular weight is 422 g/mol. The van der Waals surface area contributed by atoms with Gasteiger partial charge in [-0.25, -0.2) is 9.78 Å². The zero-order valence-electron chi connectivity index (χ0n) is 18.0. The largest absolute Gasteiger partial charge is 0.460 e. The highest BCUT2D eigenvalue weighted by Gasteiger charge is 2.21. The van der Waals surface area contributed by atoms with Crippen LogP contribution < -0.4 is 10.9 Å². The molecule has 2 amide bonds. The molecule has 0 spiro atoms. The van der Waals surface area contributed by atoms with Crippen LogP contribution in [0.15, 0.2) is 39.7 Å². The van der Waals surface area contributed by atoms with Crippen LogP contribution in [0.4, 0.5) is 10.7 Å². The fourth-order valence-corrected chi connectivity index (χ4v) is 3.63. The average Bonchev–Trinajstić information content (AvgIpc) is 3.21. The van der Waals surface area contributed by atoms with Crippen LogP contribution in [0.25, 0.3) is 22.7 Å². The number of urea groups is 1. The Hall–Kier alpha value is -3.49. The quantitative estimate of drug-likeness (QED) is 0.684. The molecule has 3 aromatic rings. The van der Waals surface area contributed by atoms with Crippen molar-refractivity contribution in [3.8, 4) is 22.7 Å². The van der Waals surface area contributed by atoms with Gasteiger partial charge in [-0.2, -0.15) is 0 Å². The smallest absolute Gasteiger partial charge is 0.324 e. The molecule has 1 saturated heterocycles. The van der Waals surface area contributed by atoms with Gasteiger partial charge in [0.05, 0.1) is 0 Å². The van der Waals surface area contributed by atoms with Gasteiger partial charge < -0.3 is 13.9 Å². The lowest BCUT2D eigenvalue weighted by atomic mass is 10.1. The predicted molar refractivity (Wildman–Crippen MR) is 117 cm³/mol. The zero-order valence-corrected chi connectivity index (χ0v) is 18.0.